The molecule has 3 N–H and O–H groups in total. The third-order valence-corrected chi connectivity index (χ3v) is 3.79. The van der Waals surface area contributed by atoms with Crippen LogP contribution >= 0.6 is 0 Å². The molecule has 0 fully saturated rings. The predicted octanol–water partition coefficient (Wildman–Crippen LogP) is 3.81. The third kappa shape index (κ3) is 2.26. The van der Waals surface area contributed by atoms with Crippen LogP contribution in [0.25, 0.3) is 10.9 Å². The van der Waals surface area contributed by atoms with Crippen molar-refractivity contribution in [3.05, 3.63) is 30.5 Å². The van der Waals surface area contributed by atoms with Crippen molar-refractivity contribution in [1.82, 2.24) is 4.98 Å². The molecule has 0 unspecified atom stereocenters. The second-order valence-corrected chi connectivity index (χ2v) is 5.00. The van der Waals surface area contributed by atoms with E-state index in [1.807, 2.05) is 18.2 Å². The molecule has 2 rings (SSSR count). The van der Waals surface area contributed by atoms with E-state index in [1.54, 1.807) is 6.20 Å². The number of benzene rings is 1. The van der Waals surface area contributed by atoms with Crippen molar-refractivity contribution >= 4 is 22.3 Å². The van der Waals surface area contributed by atoms with Crippen LogP contribution in [0.4, 0.5) is 11.4 Å². The fourth-order valence-electron chi connectivity index (χ4n) is 2.02. The van der Waals surface area contributed by atoms with E-state index in [4.69, 9.17) is 5.73 Å². The minimum absolute atomic E-state index is 0.0677. The summed E-state index contributed by atoms with van der Waals surface area (Å²) >= 11 is 0. The van der Waals surface area contributed by atoms with Gasteiger partial charge in [0.15, 0.2) is 0 Å². The number of nitrogens with two attached hydrogens (primary N) is 1. The SMILES string of the molecule is CCC(C)(CC)Nc1c(N)cnc2ccccc12. The number of nitrogens with zero attached hydrogens (tertiary/aromatic N) is 1. The minimum Gasteiger partial charge on any atom is -0.396 e. The number of hydrogen-bond donors (Lipinski definition) is 2. The molecule has 18 heavy (non-hydrogen) atoms. The van der Waals surface area contributed by atoms with E-state index in [1.165, 1.54) is 0 Å². The quantitative estimate of drug-likeness (QED) is 0.858. The zero-order valence-corrected chi connectivity index (χ0v) is 11.3. The molecule has 2 aromatic rings. The summed E-state index contributed by atoms with van der Waals surface area (Å²) < 4.78 is 0. The molecule has 0 saturated heterocycles. The topological polar surface area (TPSA) is 50.9 Å². The minimum atomic E-state index is 0.0677. The molecule has 3 nitrogen and oxygen atoms in total. The second-order valence-electron chi connectivity index (χ2n) is 5.00. The van der Waals surface area contributed by atoms with Crippen molar-refractivity contribution in [3.63, 3.8) is 0 Å². The number of nitrogens with one attached hydrogen (secondary N) is 1. The maximum Gasteiger partial charge on any atom is 0.0743 e. The lowest BCUT2D eigenvalue weighted by atomic mass is 9.94. The van der Waals surface area contributed by atoms with Gasteiger partial charge in [0.25, 0.3) is 0 Å². The second kappa shape index (κ2) is 4.84. The van der Waals surface area contributed by atoms with Crippen LogP contribution < -0.4 is 11.1 Å². The Hall–Kier alpha value is -1.77. The molecular formula is C15H21N3. The van der Waals surface area contributed by atoms with E-state index < -0.39 is 0 Å². The Morgan fingerprint density at radius 1 is 1.22 bits per heavy atom. The summed E-state index contributed by atoms with van der Waals surface area (Å²) in [5, 5.41) is 4.69. The summed E-state index contributed by atoms with van der Waals surface area (Å²) in [7, 11) is 0. The van der Waals surface area contributed by atoms with Gasteiger partial charge in [-0.05, 0) is 25.8 Å². The van der Waals surface area contributed by atoms with Gasteiger partial charge in [-0.1, -0.05) is 32.0 Å². The highest BCUT2D eigenvalue weighted by atomic mass is 15.0. The molecule has 0 radical (unpaired) electrons. The first-order chi connectivity index (χ1) is 8.59. The lowest BCUT2D eigenvalue weighted by Crippen LogP contribution is -2.33. The van der Waals surface area contributed by atoms with E-state index in [0.29, 0.717) is 5.69 Å². The molecule has 1 aromatic carbocycles. The molecule has 0 aliphatic carbocycles. The summed E-state index contributed by atoms with van der Waals surface area (Å²) in [5.74, 6) is 0. The lowest BCUT2D eigenvalue weighted by molar-refractivity contribution is 0.479. The van der Waals surface area contributed by atoms with E-state index >= 15 is 0 Å². The van der Waals surface area contributed by atoms with Gasteiger partial charge < -0.3 is 11.1 Å². The molecule has 96 valence electrons. The van der Waals surface area contributed by atoms with E-state index in [2.05, 4.69) is 37.1 Å². The summed E-state index contributed by atoms with van der Waals surface area (Å²) in [6.07, 6.45) is 3.84. The normalized spacial score (nSPS) is 11.7. The zero-order valence-electron chi connectivity index (χ0n) is 11.3. The Morgan fingerprint density at radius 2 is 1.89 bits per heavy atom. The Balaban J connectivity index is 2.52. The molecule has 0 aliphatic heterocycles. The maximum absolute atomic E-state index is 6.08. The Labute approximate surface area is 108 Å². The summed E-state index contributed by atoms with van der Waals surface area (Å²) in [6, 6.07) is 8.08. The van der Waals surface area contributed by atoms with Gasteiger partial charge in [-0.3, -0.25) is 4.98 Å². The monoisotopic (exact) mass is 243 g/mol. The van der Waals surface area contributed by atoms with Gasteiger partial charge in [-0.15, -0.1) is 0 Å². The van der Waals surface area contributed by atoms with Gasteiger partial charge >= 0.3 is 0 Å². The van der Waals surface area contributed by atoms with Crippen molar-refractivity contribution < 1.29 is 0 Å². The standard InChI is InChI=1S/C15H21N3/c1-4-15(3,5-2)18-14-11-8-6-7-9-13(11)17-10-12(14)16/h6-10H,4-5,16H2,1-3H3,(H,17,18). The summed E-state index contributed by atoms with van der Waals surface area (Å²) in [6.45, 7) is 6.60. The van der Waals surface area contributed by atoms with E-state index in [-0.39, 0.29) is 5.54 Å². The molecule has 0 aliphatic rings. The van der Waals surface area contributed by atoms with Gasteiger partial charge in [0.2, 0.25) is 0 Å². The van der Waals surface area contributed by atoms with Crippen molar-refractivity contribution in [2.75, 3.05) is 11.1 Å². The Morgan fingerprint density at radius 3 is 2.56 bits per heavy atom. The van der Waals surface area contributed by atoms with Crippen LogP contribution in [-0.4, -0.2) is 10.5 Å². The summed E-state index contributed by atoms with van der Waals surface area (Å²) in [5.41, 5.74) is 8.84. The van der Waals surface area contributed by atoms with Crippen LogP contribution in [-0.2, 0) is 0 Å². The van der Waals surface area contributed by atoms with Gasteiger partial charge in [-0.25, -0.2) is 0 Å². The van der Waals surface area contributed by atoms with Crippen molar-refractivity contribution in [2.45, 2.75) is 39.2 Å². The zero-order chi connectivity index (χ0) is 13.2. The van der Waals surface area contributed by atoms with E-state index in [9.17, 15) is 0 Å². The smallest absolute Gasteiger partial charge is 0.0743 e. The van der Waals surface area contributed by atoms with Crippen LogP contribution in [0.3, 0.4) is 0 Å². The molecule has 1 aromatic heterocycles. The number of para-hydroxylation sites is 1. The number of fused-ring (bicyclic) bond motifs is 1. The van der Waals surface area contributed by atoms with Crippen LogP contribution in [0, 0.1) is 0 Å². The van der Waals surface area contributed by atoms with Crippen molar-refractivity contribution in [2.24, 2.45) is 0 Å². The Bertz CT molecular complexity index is 544. The molecule has 0 saturated carbocycles. The van der Waals surface area contributed by atoms with Crippen molar-refractivity contribution in [1.29, 1.82) is 0 Å². The molecule has 1 heterocycles. The first-order valence-electron chi connectivity index (χ1n) is 6.51. The van der Waals surface area contributed by atoms with Crippen molar-refractivity contribution in [3.8, 4) is 0 Å². The highest BCUT2D eigenvalue weighted by molar-refractivity contribution is 5.97. The van der Waals surface area contributed by atoms with Gasteiger partial charge in [0, 0.05) is 10.9 Å². The van der Waals surface area contributed by atoms with Crippen LogP contribution in [0.5, 0.6) is 0 Å². The Kier molecular flexibility index (Phi) is 3.41. The number of nitrogen functional groups attached to an aromatic ring is 1. The van der Waals surface area contributed by atoms with Gasteiger partial charge in [0.1, 0.15) is 0 Å². The highest BCUT2D eigenvalue weighted by Crippen LogP contribution is 2.32. The first-order valence-corrected chi connectivity index (χ1v) is 6.51. The lowest BCUT2D eigenvalue weighted by Gasteiger charge is -2.30. The van der Waals surface area contributed by atoms with Gasteiger partial charge in [-0.2, -0.15) is 0 Å². The highest BCUT2D eigenvalue weighted by Gasteiger charge is 2.21. The molecule has 0 spiro atoms. The first kappa shape index (κ1) is 12.7. The van der Waals surface area contributed by atoms with E-state index in [0.717, 1.165) is 29.4 Å². The number of aromatic nitrogens is 1. The molecular weight excluding hydrogens is 222 g/mol. The van der Waals surface area contributed by atoms with Gasteiger partial charge in [0.05, 0.1) is 23.1 Å². The number of pyridine rings is 1. The molecule has 0 bridgehead atoms. The average Bonchev–Trinajstić information content (AvgIpc) is 2.42. The predicted molar refractivity (Wildman–Crippen MR) is 78.8 cm³/mol. The molecule has 0 atom stereocenters. The van der Waals surface area contributed by atoms with Crippen LogP contribution in [0.1, 0.15) is 33.6 Å². The maximum atomic E-state index is 6.08. The third-order valence-electron chi connectivity index (χ3n) is 3.79. The van der Waals surface area contributed by atoms with Crippen LogP contribution in [0.2, 0.25) is 0 Å². The fourth-order valence-corrected chi connectivity index (χ4v) is 2.02. The average molecular weight is 243 g/mol. The summed E-state index contributed by atoms with van der Waals surface area (Å²) in [4.78, 5) is 4.36. The van der Waals surface area contributed by atoms with Crippen LogP contribution in [0.15, 0.2) is 30.5 Å². The fraction of sp³-hybridized carbons (Fsp3) is 0.400. The number of hydrogen-bond acceptors (Lipinski definition) is 3. The number of rotatable bonds is 4. The number of anilines is 2. The largest absolute Gasteiger partial charge is 0.396 e. The molecule has 0 amide bonds. The molecule has 3 heteroatoms.